The maximum Gasteiger partial charge on any atom is 0.333 e. The number of unbranched alkanes of at least 4 members (excludes halogenated alkanes) is 17. The van der Waals surface area contributed by atoms with Gasteiger partial charge >= 0.3 is 5.97 Å². The van der Waals surface area contributed by atoms with Crippen molar-refractivity contribution in [1.29, 1.82) is 0 Å². The molecule has 0 saturated carbocycles. The molecule has 1 unspecified atom stereocenters. The fourth-order valence-corrected chi connectivity index (χ4v) is 3.97. The molecule has 3 heteroatoms. The summed E-state index contributed by atoms with van der Waals surface area (Å²) in [6.07, 6.45) is 26.1. The zero-order valence-corrected chi connectivity index (χ0v) is 21.3. The molecule has 1 atom stereocenters. The molecule has 0 aliphatic rings. The highest BCUT2D eigenvalue weighted by Crippen LogP contribution is 2.13. The molecule has 184 valence electrons. The van der Waals surface area contributed by atoms with Crippen LogP contribution in [0.2, 0.25) is 0 Å². The van der Waals surface area contributed by atoms with Crippen LogP contribution in [0.4, 0.5) is 0 Å². The topological polar surface area (TPSA) is 46.5 Å². The third-order valence-corrected chi connectivity index (χ3v) is 6.10. The number of esters is 1. The van der Waals surface area contributed by atoms with Crippen LogP contribution in [0.15, 0.2) is 11.6 Å². The van der Waals surface area contributed by atoms with Crippen molar-refractivity contribution in [3.8, 4) is 0 Å². The molecule has 0 spiro atoms. The van der Waals surface area contributed by atoms with Gasteiger partial charge in [0.15, 0.2) is 0 Å². The lowest BCUT2D eigenvalue weighted by Crippen LogP contribution is -2.11. The van der Waals surface area contributed by atoms with Crippen LogP contribution in [0.1, 0.15) is 149 Å². The Kier molecular flexibility index (Phi) is 23.2. The predicted octanol–water partition coefficient (Wildman–Crippen LogP) is 8.68. The number of carbonyl (C=O) groups is 1. The number of hydrogen-bond donors (Lipinski definition) is 1. The molecule has 0 aromatic carbocycles. The van der Waals surface area contributed by atoms with E-state index < -0.39 is 6.10 Å². The molecule has 1 N–H and O–H groups in total. The van der Waals surface area contributed by atoms with Gasteiger partial charge in [0.2, 0.25) is 0 Å². The van der Waals surface area contributed by atoms with Crippen LogP contribution >= 0.6 is 0 Å². The van der Waals surface area contributed by atoms with Crippen LogP contribution in [0.5, 0.6) is 0 Å². The van der Waals surface area contributed by atoms with Crippen molar-refractivity contribution < 1.29 is 14.6 Å². The van der Waals surface area contributed by atoms with Gasteiger partial charge in [-0.25, -0.2) is 4.79 Å². The number of carbonyl (C=O) groups excluding carboxylic acids is 1. The van der Waals surface area contributed by atoms with E-state index in [0.717, 1.165) is 25.7 Å². The predicted molar refractivity (Wildman–Crippen MR) is 134 cm³/mol. The minimum atomic E-state index is -0.533. The molecule has 0 aromatic heterocycles. The molecule has 0 saturated heterocycles. The highest BCUT2D eigenvalue weighted by molar-refractivity contribution is 5.87. The van der Waals surface area contributed by atoms with Crippen LogP contribution in [0.3, 0.4) is 0 Å². The molecule has 3 nitrogen and oxygen atoms in total. The molecule has 31 heavy (non-hydrogen) atoms. The summed E-state index contributed by atoms with van der Waals surface area (Å²) in [5.41, 5.74) is 0.538. The van der Waals surface area contributed by atoms with E-state index in [1.54, 1.807) is 13.0 Å². The lowest BCUT2D eigenvalue weighted by atomic mass is 10.0. The van der Waals surface area contributed by atoms with E-state index >= 15 is 0 Å². The van der Waals surface area contributed by atoms with E-state index in [4.69, 9.17) is 4.74 Å². The van der Waals surface area contributed by atoms with Gasteiger partial charge in [-0.1, -0.05) is 129 Å². The standard InChI is InChI=1S/C28H54O3/c1-4-6-8-10-12-14-16-18-20-22-24-31-28(30)26(3)25-27(29)23-21-19-17-15-13-11-9-7-5-2/h25,27,29H,4-24H2,1-3H3. The van der Waals surface area contributed by atoms with Gasteiger partial charge in [-0.05, 0) is 25.8 Å². The summed E-state index contributed by atoms with van der Waals surface area (Å²) >= 11 is 0. The lowest BCUT2D eigenvalue weighted by Gasteiger charge is -2.09. The maximum atomic E-state index is 12.1. The SMILES string of the molecule is CCCCCCCCCCCCOC(=O)C(C)=CC(O)CCCCCCCCCCC. The largest absolute Gasteiger partial charge is 0.462 e. The van der Waals surface area contributed by atoms with Crippen molar-refractivity contribution in [2.24, 2.45) is 0 Å². The van der Waals surface area contributed by atoms with Gasteiger partial charge in [-0.2, -0.15) is 0 Å². The van der Waals surface area contributed by atoms with E-state index in [1.165, 1.54) is 103 Å². The molecule has 0 amide bonds. The van der Waals surface area contributed by atoms with E-state index in [1.807, 2.05) is 0 Å². The van der Waals surface area contributed by atoms with Crippen molar-refractivity contribution in [3.63, 3.8) is 0 Å². The second-order valence-electron chi connectivity index (χ2n) is 9.35. The van der Waals surface area contributed by atoms with Gasteiger partial charge in [0.25, 0.3) is 0 Å². The fourth-order valence-electron chi connectivity index (χ4n) is 3.97. The smallest absolute Gasteiger partial charge is 0.333 e. The molecule has 0 radical (unpaired) electrons. The molecule has 0 rings (SSSR count). The fraction of sp³-hybridized carbons (Fsp3) is 0.893. The van der Waals surface area contributed by atoms with Crippen molar-refractivity contribution >= 4 is 5.97 Å². The van der Waals surface area contributed by atoms with Gasteiger partial charge in [0.1, 0.15) is 0 Å². The van der Waals surface area contributed by atoms with Crippen LogP contribution < -0.4 is 0 Å². The van der Waals surface area contributed by atoms with Gasteiger partial charge in [-0.15, -0.1) is 0 Å². The Morgan fingerprint density at radius 2 is 1.06 bits per heavy atom. The van der Waals surface area contributed by atoms with Crippen molar-refractivity contribution in [3.05, 3.63) is 11.6 Å². The minimum absolute atomic E-state index is 0.276. The Balaban J connectivity index is 3.58. The Bertz CT molecular complexity index is 416. The zero-order chi connectivity index (χ0) is 23.0. The minimum Gasteiger partial charge on any atom is -0.462 e. The third-order valence-electron chi connectivity index (χ3n) is 6.10. The molecule has 0 aliphatic heterocycles. The molecule has 0 bridgehead atoms. The monoisotopic (exact) mass is 438 g/mol. The van der Waals surface area contributed by atoms with Crippen molar-refractivity contribution in [1.82, 2.24) is 0 Å². The number of hydrogen-bond acceptors (Lipinski definition) is 3. The molecule has 0 aliphatic carbocycles. The second kappa shape index (κ2) is 23.8. The summed E-state index contributed by atoms with van der Waals surface area (Å²) in [5.74, 6) is -0.276. The molecular weight excluding hydrogens is 384 g/mol. The van der Waals surface area contributed by atoms with Crippen LogP contribution in [-0.2, 0) is 9.53 Å². The Labute approximate surface area is 194 Å². The molecule has 0 fully saturated rings. The Morgan fingerprint density at radius 1 is 0.677 bits per heavy atom. The van der Waals surface area contributed by atoms with Crippen LogP contribution in [0, 0.1) is 0 Å². The van der Waals surface area contributed by atoms with E-state index in [9.17, 15) is 9.90 Å². The van der Waals surface area contributed by atoms with Gasteiger partial charge in [0.05, 0.1) is 12.7 Å². The first-order chi connectivity index (χ1) is 15.1. The molecule has 0 aromatic rings. The van der Waals surface area contributed by atoms with Gasteiger partial charge < -0.3 is 9.84 Å². The van der Waals surface area contributed by atoms with Crippen LogP contribution in [0.25, 0.3) is 0 Å². The lowest BCUT2D eigenvalue weighted by molar-refractivity contribution is -0.139. The summed E-state index contributed by atoms with van der Waals surface area (Å²) in [4.78, 5) is 12.1. The van der Waals surface area contributed by atoms with Crippen molar-refractivity contribution in [2.75, 3.05) is 6.61 Å². The molecule has 0 heterocycles. The first-order valence-corrected chi connectivity index (χ1v) is 13.6. The third kappa shape index (κ3) is 22.2. The summed E-state index contributed by atoms with van der Waals surface area (Å²) in [6, 6.07) is 0. The van der Waals surface area contributed by atoms with Crippen LogP contribution in [-0.4, -0.2) is 23.8 Å². The van der Waals surface area contributed by atoms with E-state index in [2.05, 4.69) is 13.8 Å². The van der Waals surface area contributed by atoms with Gasteiger partial charge in [0, 0.05) is 5.57 Å². The summed E-state index contributed by atoms with van der Waals surface area (Å²) in [6.45, 7) is 6.75. The highest BCUT2D eigenvalue weighted by Gasteiger charge is 2.09. The number of aliphatic hydroxyl groups excluding tert-OH is 1. The average Bonchev–Trinajstić information content (AvgIpc) is 2.76. The number of rotatable bonds is 23. The normalized spacial score (nSPS) is 12.8. The van der Waals surface area contributed by atoms with Crippen molar-refractivity contribution in [2.45, 2.75) is 155 Å². The highest BCUT2D eigenvalue weighted by atomic mass is 16.5. The number of ether oxygens (including phenoxy) is 1. The maximum absolute atomic E-state index is 12.1. The van der Waals surface area contributed by atoms with E-state index in [0.29, 0.717) is 12.2 Å². The van der Waals surface area contributed by atoms with E-state index in [-0.39, 0.29) is 5.97 Å². The average molecular weight is 439 g/mol. The zero-order valence-electron chi connectivity index (χ0n) is 21.3. The Hall–Kier alpha value is -0.830. The number of aliphatic hydroxyl groups is 1. The first-order valence-electron chi connectivity index (χ1n) is 13.6. The van der Waals surface area contributed by atoms with Gasteiger partial charge in [-0.3, -0.25) is 0 Å². The Morgan fingerprint density at radius 3 is 1.52 bits per heavy atom. The quantitative estimate of drug-likeness (QED) is 0.0985. The summed E-state index contributed by atoms with van der Waals surface area (Å²) in [7, 11) is 0. The second-order valence-corrected chi connectivity index (χ2v) is 9.35. The summed E-state index contributed by atoms with van der Waals surface area (Å²) in [5, 5.41) is 10.1. The summed E-state index contributed by atoms with van der Waals surface area (Å²) < 4.78 is 5.36. The molecular formula is C28H54O3. The first kappa shape index (κ1) is 30.2.